The number of thiophene rings is 1. The van der Waals surface area contributed by atoms with Gasteiger partial charge in [-0.3, -0.25) is 14.4 Å². The van der Waals surface area contributed by atoms with Gasteiger partial charge in [0.1, 0.15) is 0 Å². The maximum Gasteiger partial charge on any atom is 0.253 e. The number of nitrogens with one attached hydrogen (secondary N) is 3. The minimum atomic E-state index is -0.504. The molecule has 1 atom stereocenters. The van der Waals surface area contributed by atoms with Crippen LogP contribution in [0.4, 0.5) is 0 Å². The number of hydrogen-bond acceptors (Lipinski definition) is 5. The molecule has 10 heteroatoms. The topological polar surface area (TPSA) is 90.5 Å². The third-order valence-corrected chi connectivity index (χ3v) is 5.54. The van der Waals surface area contributed by atoms with Crippen LogP contribution in [-0.2, 0) is 9.59 Å². The maximum absolute atomic E-state index is 12.1. The zero-order chi connectivity index (χ0) is 21.4. The molecule has 0 aliphatic carbocycles. The second-order valence-electron chi connectivity index (χ2n) is 6.38. The fourth-order valence-corrected chi connectivity index (χ4v) is 3.88. The van der Waals surface area contributed by atoms with Crippen LogP contribution in [0.3, 0.4) is 0 Å². The average Bonchev–Trinajstić information content (AvgIpc) is 3.18. The first-order valence-electron chi connectivity index (χ1n) is 8.74. The van der Waals surface area contributed by atoms with Crippen molar-refractivity contribution >= 4 is 52.3 Å². The minimum absolute atomic E-state index is 0.0538. The van der Waals surface area contributed by atoms with Gasteiger partial charge in [-0.1, -0.05) is 29.3 Å². The first kappa shape index (κ1) is 23.2. The first-order valence-corrected chi connectivity index (χ1v) is 10.4. The third kappa shape index (κ3) is 7.32. The van der Waals surface area contributed by atoms with Crippen molar-refractivity contribution in [2.45, 2.75) is 6.04 Å². The van der Waals surface area contributed by atoms with Crippen LogP contribution in [0.2, 0.25) is 10.0 Å². The summed E-state index contributed by atoms with van der Waals surface area (Å²) >= 11 is 13.4. The van der Waals surface area contributed by atoms with E-state index in [-0.39, 0.29) is 35.6 Å². The molecule has 1 aromatic carbocycles. The Kier molecular flexibility index (Phi) is 8.91. The molecule has 0 aliphatic rings. The third-order valence-electron chi connectivity index (χ3n) is 4.02. The van der Waals surface area contributed by atoms with E-state index in [4.69, 9.17) is 23.2 Å². The maximum atomic E-state index is 12.1. The minimum Gasteiger partial charge on any atom is -0.353 e. The lowest BCUT2D eigenvalue weighted by Gasteiger charge is -2.23. The Labute approximate surface area is 183 Å². The summed E-state index contributed by atoms with van der Waals surface area (Å²) in [5.41, 5.74) is 0.213. The summed E-state index contributed by atoms with van der Waals surface area (Å²) in [5, 5.41) is 10.3. The number of nitrogens with zero attached hydrogens (tertiary/aromatic N) is 1. The van der Waals surface area contributed by atoms with Crippen LogP contribution in [0.5, 0.6) is 0 Å². The number of benzene rings is 1. The molecule has 29 heavy (non-hydrogen) atoms. The number of carbonyl (C=O) groups is 3. The van der Waals surface area contributed by atoms with Crippen molar-refractivity contribution in [3.05, 3.63) is 56.2 Å². The molecule has 0 aliphatic heterocycles. The van der Waals surface area contributed by atoms with Crippen molar-refractivity contribution in [1.82, 2.24) is 20.9 Å². The summed E-state index contributed by atoms with van der Waals surface area (Å²) in [6.07, 6.45) is 0. The van der Waals surface area contributed by atoms with E-state index < -0.39 is 11.8 Å². The number of hydrogen-bond donors (Lipinski definition) is 3. The monoisotopic (exact) mass is 456 g/mol. The lowest BCUT2D eigenvalue weighted by molar-refractivity contribution is -0.125. The molecule has 3 N–H and O–H groups in total. The normalized spacial score (nSPS) is 11.8. The molecule has 0 saturated heterocycles. The zero-order valence-corrected chi connectivity index (χ0v) is 18.3. The molecule has 3 amide bonds. The van der Waals surface area contributed by atoms with Crippen LogP contribution in [0.1, 0.15) is 21.3 Å². The molecule has 0 fully saturated rings. The summed E-state index contributed by atoms with van der Waals surface area (Å²) in [7, 11) is 3.88. The number of carbonyl (C=O) groups excluding carboxylic acids is 3. The van der Waals surface area contributed by atoms with Gasteiger partial charge in [0, 0.05) is 16.4 Å². The molecule has 1 aromatic heterocycles. The van der Waals surface area contributed by atoms with E-state index in [1.807, 2.05) is 36.5 Å². The summed E-state index contributed by atoms with van der Waals surface area (Å²) < 4.78 is 0. The zero-order valence-electron chi connectivity index (χ0n) is 16.0. The van der Waals surface area contributed by atoms with Crippen LogP contribution in [0.15, 0.2) is 35.7 Å². The highest BCUT2D eigenvalue weighted by atomic mass is 35.5. The second kappa shape index (κ2) is 11.2. The predicted octanol–water partition coefficient (Wildman–Crippen LogP) is 2.32. The molecule has 0 saturated carbocycles. The quantitative estimate of drug-likeness (QED) is 0.539. The molecular weight excluding hydrogens is 435 g/mol. The molecular formula is C19H22Cl2N4O3S. The lowest BCUT2D eigenvalue weighted by Crippen LogP contribution is -2.43. The van der Waals surface area contributed by atoms with Gasteiger partial charge in [0.25, 0.3) is 5.91 Å². The van der Waals surface area contributed by atoms with E-state index in [0.29, 0.717) is 11.6 Å². The smallest absolute Gasteiger partial charge is 0.253 e. The number of likely N-dealkylation sites (N-methyl/N-ethyl adjacent to an activating group) is 1. The van der Waals surface area contributed by atoms with Crippen molar-refractivity contribution in [3.8, 4) is 0 Å². The van der Waals surface area contributed by atoms with Gasteiger partial charge in [0.2, 0.25) is 11.8 Å². The highest BCUT2D eigenvalue weighted by molar-refractivity contribution is 7.10. The number of rotatable bonds is 9. The van der Waals surface area contributed by atoms with Crippen LogP contribution < -0.4 is 16.0 Å². The van der Waals surface area contributed by atoms with Gasteiger partial charge in [0.05, 0.1) is 29.7 Å². The largest absolute Gasteiger partial charge is 0.353 e. The number of halogens is 2. The molecule has 0 spiro atoms. The molecule has 1 heterocycles. The van der Waals surface area contributed by atoms with Crippen LogP contribution in [0, 0.1) is 0 Å². The van der Waals surface area contributed by atoms with Gasteiger partial charge in [-0.2, -0.15) is 0 Å². The van der Waals surface area contributed by atoms with Crippen LogP contribution in [0.25, 0.3) is 0 Å². The van der Waals surface area contributed by atoms with Crippen molar-refractivity contribution in [2.24, 2.45) is 0 Å². The van der Waals surface area contributed by atoms with Gasteiger partial charge in [0.15, 0.2) is 0 Å². The fourth-order valence-electron chi connectivity index (χ4n) is 2.46. The van der Waals surface area contributed by atoms with Crippen LogP contribution in [-0.4, -0.2) is 56.4 Å². The van der Waals surface area contributed by atoms with Gasteiger partial charge in [-0.05, 0) is 43.7 Å². The van der Waals surface area contributed by atoms with Gasteiger partial charge in [-0.15, -0.1) is 11.3 Å². The fraction of sp³-hybridized carbons (Fsp3) is 0.316. The highest BCUT2D eigenvalue weighted by Crippen LogP contribution is 2.22. The Hall–Kier alpha value is -2.13. The lowest BCUT2D eigenvalue weighted by atomic mass is 10.2. The van der Waals surface area contributed by atoms with Gasteiger partial charge >= 0.3 is 0 Å². The Morgan fingerprint density at radius 2 is 1.72 bits per heavy atom. The molecule has 0 radical (unpaired) electrons. The van der Waals surface area contributed by atoms with E-state index >= 15 is 0 Å². The predicted molar refractivity (Wildman–Crippen MR) is 116 cm³/mol. The second-order valence-corrected chi connectivity index (χ2v) is 8.21. The van der Waals surface area contributed by atoms with E-state index in [1.165, 1.54) is 18.2 Å². The Morgan fingerprint density at radius 3 is 2.34 bits per heavy atom. The molecule has 156 valence electrons. The average molecular weight is 457 g/mol. The van der Waals surface area contributed by atoms with Gasteiger partial charge < -0.3 is 20.9 Å². The van der Waals surface area contributed by atoms with E-state index in [2.05, 4.69) is 16.0 Å². The molecule has 0 unspecified atom stereocenters. The van der Waals surface area contributed by atoms with Crippen molar-refractivity contribution in [2.75, 3.05) is 33.7 Å². The van der Waals surface area contributed by atoms with E-state index in [9.17, 15) is 14.4 Å². The Balaban J connectivity index is 1.73. The van der Waals surface area contributed by atoms with Crippen molar-refractivity contribution < 1.29 is 14.4 Å². The summed E-state index contributed by atoms with van der Waals surface area (Å²) in [6, 6.07) is 8.48. The molecule has 2 rings (SSSR count). The molecule has 2 aromatic rings. The first-order chi connectivity index (χ1) is 13.8. The summed E-state index contributed by atoms with van der Waals surface area (Å²) in [6.45, 7) is -0.0321. The Morgan fingerprint density at radius 1 is 1.03 bits per heavy atom. The molecule has 7 nitrogen and oxygen atoms in total. The Bertz CT molecular complexity index is 859. The SMILES string of the molecule is CN(C)[C@H](CNC(=O)CNC(=O)CNC(=O)c1ccc(Cl)cc1Cl)c1cccs1. The molecule has 0 bridgehead atoms. The van der Waals surface area contributed by atoms with E-state index in [0.717, 1.165) is 4.88 Å². The standard InChI is InChI=1S/C19H22Cl2N4O3S/c1-25(2)15(16-4-3-7-29-16)9-22-17(26)10-23-18(27)11-24-19(28)13-6-5-12(20)8-14(13)21/h3-8,15H,9-11H2,1-2H3,(H,22,26)(H,23,27)(H,24,28)/t15-/m1/s1. The number of amides is 3. The van der Waals surface area contributed by atoms with Crippen molar-refractivity contribution in [1.29, 1.82) is 0 Å². The summed E-state index contributed by atoms with van der Waals surface area (Å²) in [5.74, 6) is -1.30. The van der Waals surface area contributed by atoms with E-state index in [1.54, 1.807) is 11.3 Å². The van der Waals surface area contributed by atoms with Gasteiger partial charge in [-0.25, -0.2) is 0 Å². The highest BCUT2D eigenvalue weighted by Gasteiger charge is 2.17. The van der Waals surface area contributed by atoms with Crippen LogP contribution >= 0.6 is 34.5 Å². The summed E-state index contributed by atoms with van der Waals surface area (Å²) in [4.78, 5) is 39.1. The van der Waals surface area contributed by atoms with Crippen molar-refractivity contribution in [3.63, 3.8) is 0 Å².